The van der Waals surface area contributed by atoms with Crippen molar-refractivity contribution >= 4 is 11.3 Å². The number of nitrogens with zero attached hydrogens (tertiary/aromatic N) is 5. The van der Waals surface area contributed by atoms with Crippen LogP contribution in [0.5, 0.6) is 0 Å². The molecule has 0 saturated carbocycles. The molecular formula is C14H15N5O2. The highest BCUT2D eigenvalue weighted by Crippen LogP contribution is 2.22. The van der Waals surface area contributed by atoms with Crippen LogP contribution < -0.4 is 0 Å². The van der Waals surface area contributed by atoms with Gasteiger partial charge in [0, 0.05) is 12.4 Å². The van der Waals surface area contributed by atoms with E-state index in [0.717, 1.165) is 16.9 Å². The lowest BCUT2D eigenvalue weighted by Crippen LogP contribution is -2.04. The fourth-order valence-corrected chi connectivity index (χ4v) is 2.54. The van der Waals surface area contributed by atoms with Crippen LogP contribution in [0.2, 0.25) is 0 Å². The van der Waals surface area contributed by atoms with E-state index in [2.05, 4.69) is 10.1 Å². The van der Waals surface area contributed by atoms with E-state index in [1.807, 2.05) is 35.9 Å². The molecule has 0 aliphatic carbocycles. The summed E-state index contributed by atoms with van der Waals surface area (Å²) in [6.45, 7) is 5.77. The van der Waals surface area contributed by atoms with E-state index in [-0.39, 0.29) is 10.6 Å². The van der Waals surface area contributed by atoms with Crippen LogP contribution in [-0.2, 0) is 6.54 Å². The number of imidazole rings is 1. The highest BCUT2D eigenvalue weighted by molar-refractivity contribution is 5.48. The quantitative estimate of drug-likeness (QED) is 0.547. The molecule has 7 nitrogen and oxygen atoms in total. The zero-order valence-electron chi connectivity index (χ0n) is 12.1. The van der Waals surface area contributed by atoms with Crippen LogP contribution in [0, 0.1) is 30.9 Å². The van der Waals surface area contributed by atoms with Gasteiger partial charge in [-0.1, -0.05) is 6.07 Å². The zero-order chi connectivity index (χ0) is 15.1. The van der Waals surface area contributed by atoms with Crippen LogP contribution in [0.3, 0.4) is 0 Å². The average Bonchev–Trinajstić information content (AvgIpc) is 2.92. The van der Waals surface area contributed by atoms with E-state index in [1.165, 1.54) is 0 Å². The maximum Gasteiger partial charge on any atom is 0.312 e. The Balaban J connectivity index is 2.01. The van der Waals surface area contributed by atoms with Crippen molar-refractivity contribution in [2.24, 2.45) is 0 Å². The molecule has 3 rings (SSSR count). The Kier molecular flexibility index (Phi) is 2.97. The van der Waals surface area contributed by atoms with E-state index in [4.69, 9.17) is 0 Å². The second kappa shape index (κ2) is 4.69. The first-order valence-corrected chi connectivity index (χ1v) is 6.59. The maximum absolute atomic E-state index is 11.0. The number of aromatic nitrogens is 4. The molecule has 21 heavy (non-hydrogen) atoms. The number of pyridine rings is 1. The molecule has 0 aromatic carbocycles. The third-order valence-electron chi connectivity index (χ3n) is 3.57. The summed E-state index contributed by atoms with van der Waals surface area (Å²) in [5.74, 6) is 0. The van der Waals surface area contributed by atoms with Crippen LogP contribution in [-0.4, -0.2) is 24.1 Å². The van der Waals surface area contributed by atoms with Crippen LogP contribution >= 0.6 is 0 Å². The van der Waals surface area contributed by atoms with Gasteiger partial charge in [-0.25, -0.2) is 4.98 Å². The maximum atomic E-state index is 11.0. The predicted molar refractivity (Wildman–Crippen MR) is 77.4 cm³/mol. The smallest absolute Gasteiger partial charge is 0.307 e. The van der Waals surface area contributed by atoms with Crippen LogP contribution in [0.4, 0.5) is 5.69 Å². The second-order valence-electron chi connectivity index (χ2n) is 5.09. The van der Waals surface area contributed by atoms with Gasteiger partial charge in [-0.05, 0) is 32.4 Å². The number of hydrogen-bond donors (Lipinski definition) is 0. The minimum Gasteiger partial charge on any atom is -0.307 e. The third-order valence-corrected chi connectivity index (χ3v) is 3.57. The Labute approximate surface area is 121 Å². The molecule has 0 unspecified atom stereocenters. The summed E-state index contributed by atoms with van der Waals surface area (Å²) in [6.07, 6.45) is 3.85. The lowest BCUT2D eigenvalue weighted by atomic mass is 10.3. The summed E-state index contributed by atoms with van der Waals surface area (Å²) < 4.78 is 3.58. The van der Waals surface area contributed by atoms with Gasteiger partial charge in [-0.15, -0.1) is 0 Å². The fourth-order valence-electron chi connectivity index (χ4n) is 2.54. The van der Waals surface area contributed by atoms with Gasteiger partial charge < -0.3 is 4.40 Å². The average molecular weight is 285 g/mol. The first-order valence-electron chi connectivity index (χ1n) is 6.59. The molecular weight excluding hydrogens is 270 g/mol. The fraction of sp³-hybridized carbons (Fsp3) is 0.286. The number of aryl methyl sites for hydroxylation is 2. The molecule has 7 heteroatoms. The first-order chi connectivity index (χ1) is 9.97. The number of nitro groups is 1. The molecule has 0 atom stereocenters. The Morgan fingerprint density at radius 3 is 2.71 bits per heavy atom. The summed E-state index contributed by atoms with van der Waals surface area (Å²) in [5, 5.41) is 15.3. The molecule has 3 aromatic heterocycles. The van der Waals surface area contributed by atoms with Crippen molar-refractivity contribution in [3.63, 3.8) is 0 Å². The Hall–Kier alpha value is -2.70. The Morgan fingerprint density at radius 1 is 1.33 bits per heavy atom. The molecule has 0 aliphatic rings. The van der Waals surface area contributed by atoms with E-state index in [0.29, 0.717) is 17.9 Å². The van der Waals surface area contributed by atoms with Crippen LogP contribution in [0.15, 0.2) is 24.5 Å². The van der Waals surface area contributed by atoms with Crippen molar-refractivity contribution in [3.05, 3.63) is 57.3 Å². The molecule has 0 amide bonds. The van der Waals surface area contributed by atoms with Crippen molar-refractivity contribution < 1.29 is 4.92 Å². The van der Waals surface area contributed by atoms with Crippen molar-refractivity contribution in [3.8, 4) is 0 Å². The standard InChI is InChI=1S/C14H15N5O2/c1-9-5-4-6-17-7-12(15-14(9)17)8-18-11(3)13(19(20)21)10(2)16-18/h4-7H,8H2,1-3H3. The molecule has 108 valence electrons. The van der Waals surface area contributed by atoms with Crippen molar-refractivity contribution in [1.29, 1.82) is 0 Å². The summed E-state index contributed by atoms with van der Waals surface area (Å²) in [7, 11) is 0. The molecule has 3 heterocycles. The minimum absolute atomic E-state index is 0.0787. The van der Waals surface area contributed by atoms with Crippen LogP contribution in [0.25, 0.3) is 5.65 Å². The van der Waals surface area contributed by atoms with Gasteiger partial charge in [0.2, 0.25) is 0 Å². The Morgan fingerprint density at radius 2 is 2.10 bits per heavy atom. The summed E-state index contributed by atoms with van der Waals surface area (Å²) >= 11 is 0. The second-order valence-corrected chi connectivity index (χ2v) is 5.09. The summed E-state index contributed by atoms with van der Waals surface area (Å²) in [4.78, 5) is 15.2. The predicted octanol–water partition coefficient (Wildman–Crippen LogP) is 2.41. The van der Waals surface area contributed by atoms with Crippen LogP contribution in [0.1, 0.15) is 22.6 Å². The topological polar surface area (TPSA) is 78.3 Å². The van der Waals surface area contributed by atoms with E-state index >= 15 is 0 Å². The first kappa shape index (κ1) is 13.3. The van der Waals surface area contributed by atoms with Gasteiger partial charge in [0.15, 0.2) is 0 Å². The number of hydrogen-bond acceptors (Lipinski definition) is 4. The molecule has 0 saturated heterocycles. The molecule has 3 aromatic rings. The van der Waals surface area contributed by atoms with Crippen molar-refractivity contribution in [2.75, 3.05) is 0 Å². The van der Waals surface area contributed by atoms with Gasteiger partial charge in [-0.2, -0.15) is 5.10 Å². The lowest BCUT2D eigenvalue weighted by Gasteiger charge is -1.99. The molecule has 0 fully saturated rings. The lowest BCUT2D eigenvalue weighted by molar-refractivity contribution is -0.386. The third kappa shape index (κ3) is 2.16. The highest BCUT2D eigenvalue weighted by Gasteiger charge is 2.22. The SMILES string of the molecule is Cc1nn(Cc2cn3cccc(C)c3n2)c(C)c1[N+](=O)[O-]. The van der Waals surface area contributed by atoms with Gasteiger partial charge in [-0.3, -0.25) is 14.8 Å². The number of rotatable bonds is 3. The molecule has 0 bridgehead atoms. The normalized spacial score (nSPS) is 11.2. The van der Waals surface area contributed by atoms with E-state index in [9.17, 15) is 10.1 Å². The Bertz CT molecular complexity index is 847. The number of fused-ring (bicyclic) bond motifs is 1. The molecule has 0 spiro atoms. The van der Waals surface area contributed by atoms with Gasteiger partial charge in [0.1, 0.15) is 17.0 Å². The van der Waals surface area contributed by atoms with Gasteiger partial charge >= 0.3 is 5.69 Å². The molecule has 0 radical (unpaired) electrons. The van der Waals surface area contributed by atoms with E-state index in [1.54, 1.807) is 18.5 Å². The zero-order valence-corrected chi connectivity index (χ0v) is 12.1. The highest BCUT2D eigenvalue weighted by atomic mass is 16.6. The molecule has 0 N–H and O–H groups in total. The summed E-state index contributed by atoms with van der Waals surface area (Å²) in [6, 6.07) is 3.96. The largest absolute Gasteiger partial charge is 0.312 e. The summed E-state index contributed by atoms with van der Waals surface area (Å²) in [5.41, 5.74) is 3.86. The van der Waals surface area contributed by atoms with Crippen molar-refractivity contribution in [1.82, 2.24) is 19.2 Å². The molecule has 0 aliphatic heterocycles. The van der Waals surface area contributed by atoms with Gasteiger partial charge in [0.25, 0.3) is 0 Å². The minimum atomic E-state index is -0.387. The van der Waals surface area contributed by atoms with Gasteiger partial charge in [0.05, 0.1) is 17.2 Å². The monoisotopic (exact) mass is 285 g/mol. The van der Waals surface area contributed by atoms with E-state index < -0.39 is 0 Å². The van der Waals surface area contributed by atoms with Crippen molar-refractivity contribution in [2.45, 2.75) is 27.3 Å².